The normalized spacial score (nSPS) is 9.45. The maximum absolute atomic E-state index is 11.4. The minimum Gasteiger partial charge on any atom is -0.465 e. The first-order valence-electron chi connectivity index (χ1n) is 8.59. The average Bonchev–Trinajstić information content (AvgIpc) is 3.23. The second kappa shape index (κ2) is 9.41. The summed E-state index contributed by atoms with van der Waals surface area (Å²) in [5, 5.41) is 0. The molecule has 0 unspecified atom stereocenters. The molecule has 5 heteroatoms. The molecule has 0 aliphatic rings. The third-order valence-corrected chi connectivity index (χ3v) is 4.79. The average molecular weight is 400 g/mol. The zero-order chi connectivity index (χ0) is 20.6. The van der Waals surface area contributed by atoms with E-state index < -0.39 is 0 Å². The van der Waals surface area contributed by atoms with Gasteiger partial charge in [-0.05, 0) is 60.7 Å². The largest absolute Gasteiger partial charge is 0.465 e. The standard InChI is InChI=1S/C24H16O4S/c1-27-23(25)19-9-3-17(4-10-19)7-13-21-15-16-22(29-21)14-8-18-5-11-20(12-6-18)24(26)28-2/h3-6,9-12,15-16H,1-2H3. The van der Waals surface area contributed by atoms with E-state index in [1.54, 1.807) is 48.5 Å². The fraction of sp³-hybridized carbons (Fsp3) is 0.0833. The quantitative estimate of drug-likeness (QED) is 0.480. The first-order valence-corrected chi connectivity index (χ1v) is 9.41. The molecule has 0 saturated carbocycles. The molecule has 0 saturated heterocycles. The molecule has 29 heavy (non-hydrogen) atoms. The smallest absolute Gasteiger partial charge is 0.337 e. The van der Waals surface area contributed by atoms with Gasteiger partial charge in [0.2, 0.25) is 0 Å². The van der Waals surface area contributed by atoms with Gasteiger partial charge in [0.25, 0.3) is 0 Å². The van der Waals surface area contributed by atoms with Crippen LogP contribution in [0.5, 0.6) is 0 Å². The fourth-order valence-corrected chi connectivity index (χ4v) is 3.07. The van der Waals surface area contributed by atoms with Crippen molar-refractivity contribution in [3.8, 4) is 23.7 Å². The Balaban J connectivity index is 1.68. The Morgan fingerprint density at radius 2 is 1.00 bits per heavy atom. The zero-order valence-electron chi connectivity index (χ0n) is 15.8. The first kappa shape index (κ1) is 19.9. The van der Waals surface area contributed by atoms with Gasteiger partial charge in [0.05, 0.1) is 35.1 Å². The van der Waals surface area contributed by atoms with Crippen molar-refractivity contribution in [1.82, 2.24) is 0 Å². The van der Waals surface area contributed by atoms with Crippen molar-refractivity contribution in [2.45, 2.75) is 0 Å². The van der Waals surface area contributed by atoms with Gasteiger partial charge in [-0.2, -0.15) is 0 Å². The Kier molecular flexibility index (Phi) is 6.47. The number of carbonyl (C=O) groups is 2. The van der Waals surface area contributed by atoms with Gasteiger partial charge in [0.15, 0.2) is 0 Å². The van der Waals surface area contributed by atoms with Crippen molar-refractivity contribution < 1.29 is 19.1 Å². The maximum atomic E-state index is 11.4. The number of thiophene rings is 1. The third kappa shape index (κ3) is 5.35. The molecule has 0 aliphatic carbocycles. The predicted molar refractivity (Wildman–Crippen MR) is 112 cm³/mol. The van der Waals surface area contributed by atoms with Crippen molar-refractivity contribution in [2.24, 2.45) is 0 Å². The summed E-state index contributed by atoms with van der Waals surface area (Å²) in [6, 6.07) is 17.7. The van der Waals surface area contributed by atoms with Crippen LogP contribution in [0.2, 0.25) is 0 Å². The Labute approximate surface area is 173 Å². The van der Waals surface area contributed by atoms with Crippen LogP contribution in [0.1, 0.15) is 41.6 Å². The summed E-state index contributed by atoms with van der Waals surface area (Å²) < 4.78 is 9.36. The molecule has 0 N–H and O–H groups in total. The summed E-state index contributed by atoms with van der Waals surface area (Å²) in [6.07, 6.45) is 0. The van der Waals surface area contributed by atoms with E-state index in [1.807, 2.05) is 12.1 Å². The molecule has 0 bridgehead atoms. The Morgan fingerprint density at radius 3 is 1.34 bits per heavy atom. The van der Waals surface area contributed by atoms with E-state index in [-0.39, 0.29) is 11.9 Å². The third-order valence-electron chi connectivity index (χ3n) is 3.88. The molecule has 3 aromatic rings. The lowest BCUT2D eigenvalue weighted by atomic mass is 10.1. The molecule has 2 aromatic carbocycles. The molecule has 142 valence electrons. The molecular formula is C24H16O4S. The van der Waals surface area contributed by atoms with Crippen molar-refractivity contribution in [3.05, 3.63) is 92.7 Å². The number of hydrogen-bond acceptors (Lipinski definition) is 5. The van der Waals surface area contributed by atoms with Gasteiger partial charge in [0, 0.05) is 11.1 Å². The molecule has 0 spiro atoms. The van der Waals surface area contributed by atoms with E-state index in [2.05, 4.69) is 33.2 Å². The number of rotatable bonds is 2. The number of carbonyl (C=O) groups excluding carboxylic acids is 2. The maximum Gasteiger partial charge on any atom is 0.337 e. The minimum absolute atomic E-state index is 0.370. The number of esters is 2. The topological polar surface area (TPSA) is 52.6 Å². The molecule has 0 fully saturated rings. The van der Waals surface area contributed by atoms with Gasteiger partial charge >= 0.3 is 11.9 Å². The molecule has 1 aromatic heterocycles. The number of hydrogen-bond donors (Lipinski definition) is 0. The van der Waals surface area contributed by atoms with E-state index in [9.17, 15) is 9.59 Å². The molecule has 0 atom stereocenters. The highest BCUT2D eigenvalue weighted by Crippen LogP contribution is 2.15. The van der Waals surface area contributed by atoms with Crippen molar-refractivity contribution in [1.29, 1.82) is 0 Å². The van der Waals surface area contributed by atoms with Crippen LogP contribution in [-0.2, 0) is 9.47 Å². The van der Waals surface area contributed by atoms with Crippen LogP contribution in [0.4, 0.5) is 0 Å². The first-order chi connectivity index (χ1) is 14.1. The van der Waals surface area contributed by atoms with Gasteiger partial charge in [0.1, 0.15) is 0 Å². The molecule has 0 aliphatic heterocycles. The Hall–Kier alpha value is -3.80. The summed E-state index contributed by atoms with van der Waals surface area (Å²) in [4.78, 5) is 24.7. The highest BCUT2D eigenvalue weighted by molar-refractivity contribution is 7.13. The van der Waals surface area contributed by atoms with Crippen LogP contribution in [0.25, 0.3) is 0 Å². The molecule has 0 radical (unpaired) electrons. The fourth-order valence-electron chi connectivity index (χ4n) is 2.35. The highest BCUT2D eigenvalue weighted by Gasteiger charge is 2.04. The van der Waals surface area contributed by atoms with Crippen molar-refractivity contribution >= 4 is 23.3 Å². The van der Waals surface area contributed by atoms with Gasteiger partial charge in [-0.1, -0.05) is 23.7 Å². The summed E-state index contributed by atoms with van der Waals surface area (Å²) in [6.45, 7) is 0. The van der Waals surface area contributed by atoms with Crippen LogP contribution in [0, 0.1) is 23.7 Å². The van der Waals surface area contributed by atoms with Crippen LogP contribution in [0.15, 0.2) is 60.7 Å². The molecule has 3 rings (SSSR count). The second-order valence-corrected chi connectivity index (χ2v) is 6.89. The Bertz CT molecular complexity index is 1060. The molecule has 0 amide bonds. The second-order valence-electron chi connectivity index (χ2n) is 5.80. The van der Waals surface area contributed by atoms with Gasteiger partial charge in [-0.25, -0.2) is 9.59 Å². The summed E-state index contributed by atoms with van der Waals surface area (Å²) in [5.74, 6) is 11.6. The van der Waals surface area contributed by atoms with Crippen LogP contribution in [-0.4, -0.2) is 26.2 Å². The SMILES string of the molecule is COC(=O)c1ccc(C#Cc2ccc(C#Cc3ccc(C(=O)OC)cc3)s2)cc1. The summed E-state index contributed by atoms with van der Waals surface area (Å²) in [7, 11) is 2.70. The summed E-state index contributed by atoms with van der Waals surface area (Å²) in [5.41, 5.74) is 2.60. The van der Waals surface area contributed by atoms with Gasteiger partial charge in [-0.3, -0.25) is 0 Å². The van der Waals surface area contributed by atoms with E-state index in [0.717, 1.165) is 20.9 Å². The van der Waals surface area contributed by atoms with Crippen molar-refractivity contribution in [2.75, 3.05) is 14.2 Å². The van der Waals surface area contributed by atoms with Crippen LogP contribution in [0.3, 0.4) is 0 Å². The van der Waals surface area contributed by atoms with E-state index in [4.69, 9.17) is 0 Å². The van der Waals surface area contributed by atoms with Crippen LogP contribution >= 0.6 is 11.3 Å². The van der Waals surface area contributed by atoms with Crippen LogP contribution < -0.4 is 0 Å². The van der Waals surface area contributed by atoms with E-state index >= 15 is 0 Å². The molecular weight excluding hydrogens is 384 g/mol. The highest BCUT2D eigenvalue weighted by atomic mass is 32.1. The number of benzene rings is 2. The number of methoxy groups -OCH3 is 2. The number of ether oxygens (including phenoxy) is 2. The van der Waals surface area contributed by atoms with E-state index in [1.165, 1.54) is 25.6 Å². The van der Waals surface area contributed by atoms with Gasteiger partial charge < -0.3 is 9.47 Å². The zero-order valence-corrected chi connectivity index (χ0v) is 16.6. The molecule has 4 nitrogen and oxygen atoms in total. The Morgan fingerprint density at radius 1 is 0.621 bits per heavy atom. The summed E-state index contributed by atoms with van der Waals surface area (Å²) >= 11 is 1.50. The van der Waals surface area contributed by atoms with Crippen molar-refractivity contribution in [3.63, 3.8) is 0 Å². The lowest BCUT2D eigenvalue weighted by Gasteiger charge is -1.97. The monoisotopic (exact) mass is 400 g/mol. The minimum atomic E-state index is -0.370. The lowest BCUT2D eigenvalue weighted by molar-refractivity contribution is 0.0592. The predicted octanol–water partition coefficient (Wildman–Crippen LogP) is 4.12. The van der Waals surface area contributed by atoms with Gasteiger partial charge in [-0.15, -0.1) is 11.3 Å². The molecule has 1 heterocycles. The lowest BCUT2D eigenvalue weighted by Crippen LogP contribution is -2.00. The van der Waals surface area contributed by atoms with E-state index in [0.29, 0.717) is 11.1 Å².